The number of amides is 1. The quantitative estimate of drug-likeness (QED) is 0.880. The van der Waals surface area contributed by atoms with Crippen molar-refractivity contribution in [1.82, 2.24) is 10.2 Å². The molecule has 5 nitrogen and oxygen atoms in total. The predicted molar refractivity (Wildman–Crippen MR) is 90.0 cm³/mol. The third-order valence-corrected chi connectivity index (χ3v) is 4.27. The van der Waals surface area contributed by atoms with Crippen molar-refractivity contribution < 1.29 is 14.3 Å². The Morgan fingerprint density at radius 1 is 1.35 bits per heavy atom. The maximum Gasteiger partial charge on any atom is 0.234 e. The van der Waals surface area contributed by atoms with Gasteiger partial charge in [0.15, 0.2) is 11.5 Å². The van der Waals surface area contributed by atoms with Crippen LogP contribution in [0, 0.1) is 0 Å². The molecule has 1 aliphatic rings. The Labute approximate surface area is 139 Å². The van der Waals surface area contributed by atoms with Crippen molar-refractivity contribution in [1.29, 1.82) is 0 Å². The minimum absolute atomic E-state index is 0.00908. The van der Waals surface area contributed by atoms with Gasteiger partial charge < -0.3 is 14.8 Å². The number of hydrogen-bond acceptors (Lipinski definition) is 5. The van der Waals surface area contributed by atoms with E-state index >= 15 is 0 Å². The summed E-state index contributed by atoms with van der Waals surface area (Å²) in [6, 6.07) is 9.64. The summed E-state index contributed by atoms with van der Waals surface area (Å²) in [6.07, 6.45) is -0.156. The zero-order chi connectivity index (χ0) is 16.1. The van der Waals surface area contributed by atoms with Gasteiger partial charge in [-0.15, -0.1) is 0 Å². The number of thiophene rings is 1. The summed E-state index contributed by atoms with van der Waals surface area (Å²) in [4.78, 5) is 14.0. The lowest BCUT2D eigenvalue weighted by atomic mass is 10.2. The highest BCUT2D eigenvalue weighted by molar-refractivity contribution is 7.07. The Hall–Kier alpha value is -2.05. The van der Waals surface area contributed by atoms with Crippen LogP contribution in [-0.2, 0) is 11.3 Å². The van der Waals surface area contributed by atoms with Crippen molar-refractivity contribution in [2.24, 2.45) is 0 Å². The highest BCUT2D eigenvalue weighted by atomic mass is 32.1. The fourth-order valence-electron chi connectivity index (χ4n) is 2.44. The van der Waals surface area contributed by atoms with Crippen LogP contribution in [0.1, 0.15) is 5.56 Å². The molecule has 2 heterocycles. The average Bonchev–Trinajstić information content (AvgIpc) is 3.05. The largest absolute Gasteiger partial charge is 0.486 e. The minimum Gasteiger partial charge on any atom is -0.486 e. The molecule has 3 rings (SSSR count). The standard InChI is InChI=1S/C17H20N2O3S/c1-19(9-13-6-7-23-12-13)10-17(20)18-8-14-11-21-15-4-2-3-5-16(15)22-14/h2-7,12,14H,8-11H2,1H3,(H,18,20)/t14-/m0/s1. The van der Waals surface area contributed by atoms with Crippen LogP contribution >= 0.6 is 11.3 Å². The number of fused-ring (bicyclic) bond motifs is 1. The third-order valence-electron chi connectivity index (χ3n) is 3.54. The summed E-state index contributed by atoms with van der Waals surface area (Å²) in [5.41, 5.74) is 1.23. The fourth-order valence-corrected chi connectivity index (χ4v) is 3.10. The van der Waals surface area contributed by atoms with Gasteiger partial charge in [-0.25, -0.2) is 0 Å². The summed E-state index contributed by atoms with van der Waals surface area (Å²) in [5, 5.41) is 7.05. The summed E-state index contributed by atoms with van der Waals surface area (Å²) in [7, 11) is 1.94. The Morgan fingerprint density at radius 2 is 2.17 bits per heavy atom. The van der Waals surface area contributed by atoms with Gasteiger partial charge in [-0.2, -0.15) is 11.3 Å². The molecule has 1 atom stereocenters. The topological polar surface area (TPSA) is 50.8 Å². The molecule has 1 aromatic heterocycles. The van der Waals surface area contributed by atoms with E-state index in [2.05, 4.69) is 16.8 Å². The van der Waals surface area contributed by atoms with E-state index in [1.807, 2.05) is 41.6 Å². The smallest absolute Gasteiger partial charge is 0.234 e. The SMILES string of the molecule is CN(CC(=O)NC[C@H]1COc2ccccc2O1)Cc1ccsc1. The zero-order valence-electron chi connectivity index (χ0n) is 13.0. The maximum absolute atomic E-state index is 12.0. The van der Waals surface area contributed by atoms with Gasteiger partial charge in [0, 0.05) is 6.54 Å². The van der Waals surface area contributed by atoms with E-state index in [4.69, 9.17) is 9.47 Å². The lowest BCUT2D eigenvalue weighted by Crippen LogP contribution is -2.43. The number of likely N-dealkylation sites (N-methyl/N-ethyl adjacent to an activating group) is 1. The first kappa shape index (κ1) is 15.8. The van der Waals surface area contributed by atoms with Gasteiger partial charge >= 0.3 is 0 Å². The number of carbonyl (C=O) groups is 1. The number of rotatable bonds is 6. The molecular weight excluding hydrogens is 312 g/mol. The van der Waals surface area contributed by atoms with E-state index in [0.29, 0.717) is 19.7 Å². The normalized spacial score (nSPS) is 16.3. The minimum atomic E-state index is -0.156. The number of nitrogens with zero attached hydrogens (tertiary/aromatic N) is 1. The first-order valence-corrected chi connectivity index (χ1v) is 8.50. The molecule has 1 amide bonds. The molecule has 0 unspecified atom stereocenters. The van der Waals surface area contributed by atoms with Crippen molar-refractivity contribution >= 4 is 17.2 Å². The van der Waals surface area contributed by atoms with Crippen LogP contribution in [0.3, 0.4) is 0 Å². The van der Waals surface area contributed by atoms with Crippen molar-refractivity contribution in [2.45, 2.75) is 12.6 Å². The van der Waals surface area contributed by atoms with Crippen LogP contribution in [0.25, 0.3) is 0 Å². The van der Waals surface area contributed by atoms with E-state index in [1.54, 1.807) is 11.3 Å². The second kappa shape index (κ2) is 7.48. The van der Waals surface area contributed by atoms with E-state index < -0.39 is 0 Å². The highest BCUT2D eigenvalue weighted by Gasteiger charge is 2.21. The third kappa shape index (κ3) is 4.46. The lowest BCUT2D eigenvalue weighted by molar-refractivity contribution is -0.122. The summed E-state index contributed by atoms with van der Waals surface area (Å²) < 4.78 is 11.5. The summed E-state index contributed by atoms with van der Waals surface area (Å²) in [6.45, 7) is 2.02. The number of para-hydroxylation sites is 2. The molecular formula is C17H20N2O3S. The van der Waals surface area contributed by atoms with Gasteiger partial charge in [0.25, 0.3) is 0 Å². The van der Waals surface area contributed by atoms with Crippen molar-refractivity contribution in [3.8, 4) is 11.5 Å². The molecule has 1 N–H and O–H groups in total. The molecule has 0 radical (unpaired) electrons. The Balaban J connectivity index is 1.41. The van der Waals surface area contributed by atoms with Gasteiger partial charge in [0.1, 0.15) is 12.7 Å². The zero-order valence-corrected chi connectivity index (χ0v) is 13.8. The van der Waals surface area contributed by atoms with Crippen molar-refractivity contribution in [3.63, 3.8) is 0 Å². The second-order valence-electron chi connectivity index (χ2n) is 5.61. The Kier molecular flexibility index (Phi) is 5.15. The van der Waals surface area contributed by atoms with Crippen molar-refractivity contribution in [3.05, 3.63) is 46.7 Å². The molecule has 23 heavy (non-hydrogen) atoms. The number of ether oxygens (including phenoxy) is 2. The Morgan fingerprint density at radius 3 is 2.96 bits per heavy atom. The van der Waals surface area contributed by atoms with Gasteiger partial charge in [-0.3, -0.25) is 9.69 Å². The molecule has 0 saturated carbocycles. The molecule has 1 aromatic carbocycles. The highest BCUT2D eigenvalue weighted by Crippen LogP contribution is 2.30. The molecule has 0 aliphatic carbocycles. The summed E-state index contributed by atoms with van der Waals surface area (Å²) in [5.74, 6) is 1.48. The first-order valence-electron chi connectivity index (χ1n) is 7.55. The van der Waals surface area contributed by atoms with E-state index in [0.717, 1.165) is 18.0 Å². The summed E-state index contributed by atoms with van der Waals surface area (Å²) >= 11 is 1.67. The van der Waals surface area contributed by atoms with Gasteiger partial charge in [0.2, 0.25) is 5.91 Å². The molecule has 122 valence electrons. The molecule has 0 fully saturated rings. The maximum atomic E-state index is 12.0. The van der Waals surface area contributed by atoms with Crippen LogP contribution in [0.5, 0.6) is 11.5 Å². The van der Waals surface area contributed by atoms with Gasteiger partial charge in [-0.1, -0.05) is 12.1 Å². The number of hydrogen-bond donors (Lipinski definition) is 1. The predicted octanol–water partition coefficient (Wildman–Crippen LogP) is 2.14. The number of carbonyl (C=O) groups excluding carboxylic acids is 1. The van der Waals surface area contributed by atoms with Crippen LogP contribution in [0.15, 0.2) is 41.1 Å². The van der Waals surface area contributed by atoms with Crippen LogP contribution in [0.4, 0.5) is 0 Å². The van der Waals surface area contributed by atoms with Gasteiger partial charge in [0.05, 0.1) is 13.1 Å². The van der Waals surface area contributed by atoms with Crippen molar-refractivity contribution in [2.75, 3.05) is 26.7 Å². The first-order chi connectivity index (χ1) is 11.2. The Bertz CT molecular complexity index is 645. The molecule has 0 bridgehead atoms. The number of nitrogens with one attached hydrogen (secondary N) is 1. The van der Waals surface area contributed by atoms with Crippen LogP contribution in [-0.4, -0.2) is 43.7 Å². The molecule has 0 spiro atoms. The molecule has 6 heteroatoms. The van der Waals surface area contributed by atoms with Crippen LogP contribution in [0.2, 0.25) is 0 Å². The average molecular weight is 332 g/mol. The second-order valence-corrected chi connectivity index (χ2v) is 6.39. The number of benzene rings is 1. The molecule has 1 aliphatic heterocycles. The van der Waals surface area contributed by atoms with E-state index in [9.17, 15) is 4.79 Å². The van der Waals surface area contributed by atoms with Gasteiger partial charge in [-0.05, 0) is 41.6 Å². The lowest BCUT2D eigenvalue weighted by Gasteiger charge is -2.26. The fraction of sp³-hybridized carbons (Fsp3) is 0.353. The van der Waals surface area contributed by atoms with E-state index in [1.165, 1.54) is 5.56 Å². The molecule has 2 aromatic rings. The monoisotopic (exact) mass is 332 g/mol. The molecule has 0 saturated heterocycles. The van der Waals surface area contributed by atoms with E-state index in [-0.39, 0.29) is 12.0 Å². The van der Waals surface area contributed by atoms with Crippen LogP contribution < -0.4 is 14.8 Å².